The van der Waals surface area contributed by atoms with Gasteiger partial charge in [-0.25, -0.2) is 5.32 Å². The van der Waals surface area contributed by atoms with Crippen molar-refractivity contribution in [1.82, 2.24) is 5.32 Å². The molecular weight excluding hydrogens is 142 g/mol. The highest BCUT2D eigenvalue weighted by Gasteiger charge is 2.11. The molecule has 0 aromatic rings. The summed E-state index contributed by atoms with van der Waals surface area (Å²) in [6.07, 6.45) is -2.71. The lowest BCUT2D eigenvalue weighted by Gasteiger charge is -2.09. The average Bonchev–Trinajstić information content (AvgIpc) is 1.87. The zero-order valence-electron chi connectivity index (χ0n) is 5.65. The molecule has 0 heterocycles. The van der Waals surface area contributed by atoms with Gasteiger partial charge in [-0.3, -0.25) is 0 Å². The first-order chi connectivity index (χ1) is 4.47. The van der Waals surface area contributed by atoms with Crippen molar-refractivity contribution >= 4 is 0 Å². The molecular formula is C4H13NO5. The van der Waals surface area contributed by atoms with Gasteiger partial charge in [-0.15, -0.1) is 0 Å². The van der Waals surface area contributed by atoms with Crippen molar-refractivity contribution in [2.24, 2.45) is 0 Å². The molecule has 0 rings (SSSR count). The first-order valence-electron chi connectivity index (χ1n) is 2.55. The van der Waals surface area contributed by atoms with Gasteiger partial charge in [0.1, 0.15) is 0 Å². The van der Waals surface area contributed by atoms with Crippen LogP contribution in [0.25, 0.3) is 0 Å². The molecule has 0 aromatic heterocycles. The van der Waals surface area contributed by atoms with Crippen LogP contribution in [0.4, 0.5) is 0 Å². The second kappa shape index (κ2) is 6.87. The molecule has 6 heteroatoms. The SMILES string of the molecule is CNC(O)(O)O.OCCO. The van der Waals surface area contributed by atoms with Gasteiger partial charge in [0.05, 0.1) is 13.2 Å². The summed E-state index contributed by atoms with van der Waals surface area (Å²) in [6, 6.07) is 0. The smallest absolute Gasteiger partial charge is 0.342 e. The fraction of sp³-hybridized carbons (Fsp3) is 1.00. The summed E-state index contributed by atoms with van der Waals surface area (Å²) >= 11 is 0. The van der Waals surface area contributed by atoms with Crippen LogP contribution in [0.5, 0.6) is 0 Å². The first kappa shape index (κ1) is 12.4. The van der Waals surface area contributed by atoms with Crippen LogP contribution in [0.3, 0.4) is 0 Å². The molecule has 0 fully saturated rings. The molecule has 0 amide bonds. The van der Waals surface area contributed by atoms with Gasteiger partial charge in [-0.05, 0) is 7.05 Å². The van der Waals surface area contributed by atoms with Gasteiger partial charge in [-0.2, -0.15) is 0 Å². The normalized spacial score (nSPS) is 10.2. The minimum absolute atomic E-state index is 0.125. The molecule has 0 aliphatic rings. The lowest BCUT2D eigenvalue weighted by molar-refractivity contribution is -0.328. The van der Waals surface area contributed by atoms with Crippen molar-refractivity contribution in [3.8, 4) is 0 Å². The van der Waals surface area contributed by atoms with E-state index in [9.17, 15) is 0 Å². The molecule has 6 N–H and O–H groups in total. The third-order valence-corrected chi connectivity index (χ3v) is 0.435. The largest absolute Gasteiger partial charge is 0.394 e. The van der Waals surface area contributed by atoms with E-state index in [4.69, 9.17) is 25.5 Å². The molecule has 0 unspecified atom stereocenters. The Morgan fingerprint density at radius 2 is 1.30 bits per heavy atom. The third-order valence-electron chi connectivity index (χ3n) is 0.435. The minimum Gasteiger partial charge on any atom is -0.394 e. The molecule has 0 atom stereocenters. The van der Waals surface area contributed by atoms with Crippen LogP contribution >= 0.6 is 0 Å². The fourth-order valence-corrected chi connectivity index (χ4v) is 0. The van der Waals surface area contributed by atoms with Crippen LogP contribution in [0.1, 0.15) is 0 Å². The van der Waals surface area contributed by atoms with E-state index in [1.807, 2.05) is 0 Å². The van der Waals surface area contributed by atoms with E-state index in [0.717, 1.165) is 0 Å². The molecule has 0 aliphatic heterocycles. The lowest BCUT2D eigenvalue weighted by Crippen LogP contribution is -2.41. The van der Waals surface area contributed by atoms with Crippen molar-refractivity contribution in [1.29, 1.82) is 0 Å². The summed E-state index contributed by atoms with van der Waals surface area (Å²) < 4.78 is 0. The Bertz CT molecular complexity index is 59.2. The van der Waals surface area contributed by atoms with Crippen molar-refractivity contribution in [2.45, 2.75) is 6.10 Å². The summed E-state index contributed by atoms with van der Waals surface area (Å²) in [7, 11) is 1.21. The Morgan fingerprint density at radius 1 is 1.10 bits per heavy atom. The second-order valence-corrected chi connectivity index (χ2v) is 1.33. The maximum Gasteiger partial charge on any atom is 0.342 e. The number of rotatable bonds is 2. The van der Waals surface area contributed by atoms with Gasteiger partial charge in [0, 0.05) is 0 Å². The standard InChI is InChI=1S/C2H7NO3.C2H6O2/c1-3-2(4,5)6;3-1-2-4/h3-6H,1H3;3-4H,1-2H2. The summed E-state index contributed by atoms with van der Waals surface area (Å²) in [5, 5.41) is 40.5. The lowest BCUT2D eigenvalue weighted by atomic mass is 10.8. The van der Waals surface area contributed by atoms with E-state index in [-0.39, 0.29) is 13.2 Å². The van der Waals surface area contributed by atoms with E-state index in [1.54, 1.807) is 5.32 Å². The zero-order chi connectivity index (χ0) is 8.62. The van der Waals surface area contributed by atoms with Crippen molar-refractivity contribution in [3.63, 3.8) is 0 Å². The highest BCUT2D eigenvalue weighted by Crippen LogP contribution is 1.77. The van der Waals surface area contributed by atoms with Gasteiger partial charge >= 0.3 is 6.10 Å². The van der Waals surface area contributed by atoms with Crippen molar-refractivity contribution in [2.75, 3.05) is 20.3 Å². The number of aliphatic hydroxyl groups excluding tert-OH is 2. The monoisotopic (exact) mass is 155 g/mol. The Kier molecular flexibility index (Phi) is 8.55. The van der Waals surface area contributed by atoms with E-state index in [0.29, 0.717) is 0 Å². The highest BCUT2D eigenvalue weighted by atomic mass is 16.7. The Balaban J connectivity index is 0. The van der Waals surface area contributed by atoms with E-state index in [1.165, 1.54) is 7.05 Å². The Labute approximate surface area is 58.4 Å². The Hall–Kier alpha value is -0.240. The zero-order valence-corrected chi connectivity index (χ0v) is 5.65. The molecule has 0 aliphatic carbocycles. The highest BCUT2D eigenvalue weighted by molar-refractivity contribution is 4.29. The molecule has 64 valence electrons. The van der Waals surface area contributed by atoms with Crippen LogP contribution in [0.2, 0.25) is 0 Å². The maximum absolute atomic E-state index is 7.83. The van der Waals surface area contributed by atoms with Crippen molar-refractivity contribution in [3.05, 3.63) is 0 Å². The molecule has 10 heavy (non-hydrogen) atoms. The van der Waals surface area contributed by atoms with Crippen molar-refractivity contribution < 1.29 is 25.5 Å². The predicted octanol–water partition coefficient (Wildman–Crippen LogP) is -3.23. The minimum atomic E-state index is -2.71. The predicted molar refractivity (Wildman–Crippen MR) is 32.6 cm³/mol. The molecule has 0 spiro atoms. The van der Waals surface area contributed by atoms with Crippen LogP contribution in [0.15, 0.2) is 0 Å². The molecule has 0 saturated carbocycles. The molecule has 6 nitrogen and oxygen atoms in total. The number of aliphatic hydroxyl groups is 5. The topological polar surface area (TPSA) is 113 Å². The van der Waals surface area contributed by atoms with E-state index < -0.39 is 6.10 Å². The fourth-order valence-electron chi connectivity index (χ4n) is 0. The first-order valence-corrected chi connectivity index (χ1v) is 2.55. The maximum atomic E-state index is 7.83. The quantitative estimate of drug-likeness (QED) is 0.234. The van der Waals surface area contributed by atoms with Crippen LogP contribution in [-0.2, 0) is 0 Å². The summed E-state index contributed by atoms with van der Waals surface area (Å²) in [6.45, 7) is -0.250. The summed E-state index contributed by atoms with van der Waals surface area (Å²) in [5.74, 6) is 0. The third kappa shape index (κ3) is 25.1. The van der Waals surface area contributed by atoms with E-state index >= 15 is 0 Å². The van der Waals surface area contributed by atoms with Crippen LogP contribution in [-0.4, -0.2) is 51.9 Å². The van der Waals surface area contributed by atoms with Crippen LogP contribution in [0, 0.1) is 0 Å². The van der Waals surface area contributed by atoms with Gasteiger partial charge < -0.3 is 25.5 Å². The van der Waals surface area contributed by atoms with Crippen LogP contribution < -0.4 is 5.32 Å². The molecule has 0 radical (unpaired) electrons. The molecule has 0 bridgehead atoms. The second-order valence-electron chi connectivity index (χ2n) is 1.33. The number of nitrogens with one attached hydrogen (secondary N) is 1. The number of hydrogen-bond donors (Lipinski definition) is 6. The van der Waals surface area contributed by atoms with Gasteiger partial charge in [0.25, 0.3) is 0 Å². The van der Waals surface area contributed by atoms with E-state index in [2.05, 4.69) is 0 Å². The van der Waals surface area contributed by atoms with Gasteiger partial charge in [-0.1, -0.05) is 0 Å². The number of hydrogen-bond acceptors (Lipinski definition) is 6. The average molecular weight is 155 g/mol. The van der Waals surface area contributed by atoms with Gasteiger partial charge in [0.15, 0.2) is 0 Å². The summed E-state index contributed by atoms with van der Waals surface area (Å²) in [5.41, 5.74) is 0. The molecule has 0 aromatic carbocycles. The molecule has 0 saturated heterocycles. The van der Waals surface area contributed by atoms with Gasteiger partial charge in [0.2, 0.25) is 0 Å². The Morgan fingerprint density at radius 3 is 1.30 bits per heavy atom. The summed E-state index contributed by atoms with van der Waals surface area (Å²) in [4.78, 5) is 0.